The monoisotopic (exact) mass is 269 g/mol. The summed E-state index contributed by atoms with van der Waals surface area (Å²) in [7, 11) is 1.59. The molecule has 0 unspecified atom stereocenters. The fourth-order valence-corrected chi connectivity index (χ4v) is 2.00. The maximum Gasteiger partial charge on any atom is 0.356 e. The van der Waals surface area contributed by atoms with Gasteiger partial charge in [-0.15, -0.1) is 0 Å². The number of aromatic carboxylic acids is 1. The third kappa shape index (κ3) is 1.97. The van der Waals surface area contributed by atoms with E-state index in [4.69, 9.17) is 9.84 Å². The first-order valence-electron chi connectivity index (χ1n) is 5.90. The Kier molecular flexibility index (Phi) is 2.83. The zero-order chi connectivity index (χ0) is 14.1. The normalized spacial score (nSPS) is 10.7. The summed E-state index contributed by atoms with van der Waals surface area (Å²) in [6.07, 6.45) is 2.97. The number of hydrogen-bond donors (Lipinski definition) is 1. The van der Waals surface area contributed by atoms with Gasteiger partial charge in [-0.3, -0.25) is 4.40 Å². The van der Waals surface area contributed by atoms with Crippen molar-refractivity contribution in [2.75, 3.05) is 7.11 Å². The smallest absolute Gasteiger partial charge is 0.356 e. The highest BCUT2D eigenvalue weighted by molar-refractivity contribution is 5.86. The van der Waals surface area contributed by atoms with E-state index < -0.39 is 5.97 Å². The fourth-order valence-electron chi connectivity index (χ4n) is 2.00. The Morgan fingerprint density at radius 3 is 2.90 bits per heavy atom. The molecule has 3 rings (SSSR count). The molecule has 1 aromatic carbocycles. The van der Waals surface area contributed by atoms with Gasteiger partial charge in [-0.25, -0.2) is 14.8 Å². The second kappa shape index (κ2) is 4.65. The summed E-state index contributed by atoms with van der Waals surface area (Å²) < 4.78 is 6.87. The first-order chi connectivity index (χ1) is 9.69. The largest absolute Gasteiger partial charge is 0.496 e. The van der Waals surface area contributed by atoms with Gasteiger partial charge >= 0.3 is 5.97 Å². The zero-order valence-electron chi connectivity index (χ0n) is 10.6. The summed E-state index contributed by atoms with van der Waals surface area (Å²) in [5.41, 5.74) is 2.03. The maximum absolute atomic E-state index is 10.9. The summed E-state index contributed by atoms with van der Waals surface area (Å²) in [6, 6.07) is 9.22. The van der Waals surface area contributed by atoms with Crippen LogP contribution in [0.4, 0.5) is 0 Å². The summed E-state index contributed by atoms with van der Waals surface area (Å²) in [4.78, 5) is 19.3. The minimum Gasteiger partial charge on any atom is -0.496 e. The van der Waals surface area contributed by atoms with E-state index in [2.05, 4.69) is 9.97 Å². The number of nitrogens with zero attached hydrogens (tertiary/aromatic N) is 3. The van der Waals surface area contributed by atoms with Gasteiger partial charge in [-0.1, -0.05) is 12.1 Å². The summed E-state index contributed by atoms with van der Waals surface area (Å²) >= 11 is 0. The Bertz CT molecular complexity index is 795. The van der Waals surface area contributed by atoms with Gasteiger partial charge in [0.05, 0.1) is 12.8 Å². The van der Waals surface area contributed by atoms with Gasteiger partial charge in [0, 0.05) is 17.8 Å². The van der Waals surface area contributed by atoms with Crippen molar-refractivity contribution in [3.8, 4) is 17.0 Å². The van der Waals surface area contributed by atoms with Crippen molar-refractivity contribution in [3.63, 3.8) is 0 Å². The molecule has 6 nitrogen and oxygen atoms in total. The average Bonchev–Trinajstić information content (AvgIpc) is 2.90. The van der Waals surface area contributed by atoms with Crippen LogP contribution in [-0.2, 0) is 0 Å². The van der Waals surface area contributed by atoms with Crippen molar-refractivity contribution in [1.82, 2.24) is 14.4 Å². The first kappa shape index (κ1) is 12.2. The van der Waals surface area contributed by atoms with Crippen molar-refractivity contribution in [1.29, 1.82) is 0 Å². The molecule has 3 aromatic rings. The number of rotatable bonds is 3. The minimum atomic E-state index is -1.06. The summed E-state index contributed by atoms with van der Waals surface area (Å²) in [5, 5.41) is 8.94. The number of hydrogen-bond acceptors (Lipinski definition) is 4. The number of aromatic nitrogens is 3. The summed E-state index contributed by atoms with van der Waals surface area (Å²) in [6.45, 7) is 0. The fraction of sp³-hybridized carbons (Fsp3) is 0.0714. The first-order valence-corrected chi connectivity index (χ1v) is 5.90. The van der Waals surface area contributed by atoms with E-state index in [0.29, 0.717) is 17.1 Å². The SMILES string of the molecule is COc1ccccc1-c1cc2nc(C(=O)O)cn2cn1. The van der Waals surface area contributed by atoms with E-state index in [1.807, 2.05) is 24.3 Å². The van der Waals surface area contributed by atoms with Crippen molar-refractivity contribution in [3.05, 3.63) is 48.5 Å². The molecule has 0 saturated heterocycles. The second-order valence-electron chi connectivity index (χ2n) is 4.17. The minimum absolute atomic E-state index is 0.0102. The quantitative estimate of drug-likeness (QED) is 0.788. The third-order valence-electron chi connectivity index (χ3n) is 2.95. The Morgan fingerprint density at radius 1 is 1.35 bits per heavy atom. The van der Waals surface area contributed by atoms with Gasteiger partial charge in [0.2, 0.25) is 0 Å². The molecule has 20 heavy (non-hydrogen) atoms. The van der Waals surface area contributed by atoms with Crippen molar-refractivity contribution >= 4 is 11.6 Å². The molecule has 2 aromatic heterocycles. The molecule has 0 spiro atoms. The van der Waals surface area contributed by atoms with Crippen molar-refractivity contribution in [2.24, 2.45) is 0 Å². The van der Waals surface area contributed by atoms with Gasteiger partial charge in [0.25, 0.3) is 0 Å². The van der Waals surface area contributed by atoms with E-state index in [9.17, 15) is 4.79 Å². The molecular weight excluding hydrogens is 258 g/mol. The lowest BCUT2D eigenvalue weighted by Crippen LogP contribution is -1.94. The molecule has 100 valence electrons. The number of benzene rings is 1. The van der Waals surface area contributed by atoms with Crippen LogP contribution in [0.25, 0.3) is 16.9 Å². The summed E-state index contributed by atoms with van der Waals surface area (Å²) in [5.74, 6) is -0.359. The average molecular weight is 269 g/mol. The predicted octanol–water partition coefficient (Wildman–Crippen LogP) is 2.10. The van der Waals surface area contributed by atoms with Gasteiger partial charge in [0.1, 0.15) is 17.7 Å². The Labute approximate surface area is 114 Å². The van der Waals surface area contributed by atoms with Gasteiger partial charge in [-0.05, 0) is 12.1 Å². The topological polar surface area (TPSA) is 76.7 Å². The van der Waals surface area contributed by atoms with Crippen LogP contribution in [0, 0.1) is 0 Å². The Hall–Kier alpha value is -2.89. The molecule has 2 heterocycles. The Morgan fingerprint density at radius 2 is 2.15 bits per heavy atom. The number of imidazole rings is 1. The maximum atomic E-state index is 10.9. The highest BCUT2D eigenvalue weighted by atomic mass is 16.5. The standard InChI is InChI=1S/C14H11N3O3/c1-20-12-5-3-2-4-9(12)10-6-13-16-11(14(18)19)7-17(13)8-15-10/h2-8H,1H3,(H,18,19). The number of carbonyl (C=O) groups is 1. The van der Waals surface area contributed by atoms with Crippen LogP contribution in [-0.4, -0.2) is 32.6 Å². The van der Waals surface area contributed by atoms with E-state index in [0.717, 1.165) is 5.56 Å². The molecule has 0 aliphatic heterocycles. The molecule has 0 aliphatic rings. The van der Waals surface area contributed by atoms with E-state index in [1.165, 1.54) is 12.5 Å². The van der Waals surface area contributed by atoms with Gasteiger partial charge in [0.15, 0.2) is 5.69 Å². The molecule has 0 aliphatic carbocycles. The van der Waals surface area contributed by atoms with Crippen molar-refractivity contribution in [2.45, 2.75) is 0 Å². The molecule has 0 radical (unpaired) electrons. The second-order valence-corrected chi connectivity index (χ2v) is 4.17. The molecule has 0 fully saturated rings. The van der Waals surface area contributed by atoms with E-state index >= 15 is 0 Å². The van der Waals surface area contributed by atoms with Crippen LogP contribution in [0.2, 0.25) is 0 Å². The van der Waals surface area contributed by atoms with Crippen LogP contribution in [0.5, 0.6) is 5.75 Å². The molecule has 1 N–H and O–H groups in total. The molecule has 0 atom stereocenters. The number of para-hydroxylation sites is 1. The molecule has 6 heteroatoms. The number of carboxylic acids is 1. The number of ether oxygens (including phenoxy) is 1. The van der Waals surface area contributed by atoms with Crippen LogP contribution in [0.1, 0.15) is 10.5 Å². The number of methoxy groups -OCH3 is 1. The zero-order valence-corrected chi connectivity index (χ0v) is 10.6. The number of carboxylic acid groups (broad SMARTS) is 1. The van der Waals surface area contributed by atoms with Crippen LogP contribution < -0.4 is 4.74 Å². The molecule has 0 saturated carbocycles. The molecular formula is C14H11N3O3. The molecule has 0 amide bonds. The highest BCUT2D eigenvalue weighted by Gasteiger charge is 2.11. The van der Waals surface area contributed by atoms with Gasteiger partial charge in [-0.2, -0.15) is 0 Å². The third-order valence-corrected chi connectivity index (χ3v) is 2.95. The van der Waals surface area contributed by atoms with Crippen molar-refractivity contribution < 1.29 is 14.6 Å². The lowest BCUT2D eigenvalue weighted by molar-refractivity contribution is 0.0691. The lowest BCUT2D eigenvalue weighted by atomic mass is 10.1. The van der Waals surface area contributed by atoms with E-state index in [-0.39, 0.29) is 5.69 Å². The highest BCUT2D eigenvalue weighted by Crippen LogP contribution is 2.28. The van der Waals surface area contributed by atoms with Crippen LogP contribution >= 0.6 is 0 Å². The lowest BCUT2D eigenvalue weighted by Gasteiger charge is -2.07. The predicted molar refractivity (Wildman–Crippen MR) is 71.9 cm³/mol. The number of fused-ring (bicyclic) bond motifs is 1. The molecule has 0 bridgehead atoms. The Balaban J connectivity index is 2.15. The van der Waals surface area contributed by atoms with E-state index in [1.54, 1.807) is 17.6 Å². The van der Waals surface area contributed by atoms with Crippen LogP contribution in [0.15, 0.2) is 42.9 Å². The van der Waals surface area contributed by atoms with Crippen LogP contribution in [0.3, 0.4) is 0 Å². The van der Waals surface area contributed by atoms with Gasteiger partial charge < -0.3 is 9.84 Å².